The number of nitrogen functional groups attached to an aromatic ring is 1. The second-order valence-electron chi connectivity index (χ2n) is 3.95. The highest BCUT2D eigenvalue weighted by Crippen LogP contribution is 2.30. The van der Waals surface area contributed by atoms with Crippen LogP contribution in [-0.2, 0) is 0 Å². The zero-order chi connectivity index (χ0) is 12.3. The highest BCUT2D eigenvalue weighted by atomic mass is 16.6. The van der Waals surface area contributed by atoms with Gasteiger partial charge in [-0.3, -0.25) is 10.1 Å². The zero-order valence-corrected chi connectivity index (χ0v) is 9.26. The highest BCUT2D eigenvalue weighted by Gasteiger charge is 2.23. The third-order valence-corrected chi connectivity index (χ3v) is 2.77. The Kier molecular flexibility index (Phi) is 3.38. The van der Waals surface area contributed by atoms with Crippen molar-refractivity contribution in [3.05, 3.63) is 22.2 Å². The molecule has 17 heavy (non-hydrogen) atoms. The van der Waals surface area contributed by atoms with Crippen LogP contribution in [0.3, 0.4) is 0 Å². The fourth-order valence-electron chi connectivity index (χ4n) is 1.90. The van der Waals surface area contributed by atoms with E-state index in [1.807, 2.05) is 0 Å². The van der Waals surface area contributed by atoms with Crippen molar-refractivity contribution in [3.63, 3.8) is 0 Å². The lowest BCUT2D eigenvalue weighted by molar-refractivity contribution is -0.386. The number of rotatable bonds is 4. The van der Waals surface area contributed by atoms with E-state index in [2.05, 4.69) is 10.4 Å². The lowest BCUT2D eigenvalue weighted by atomic mass is 10.3. The molecular formula is C10H14N4O3. The molecule has 2 rings (SSSR count). The molecule has 1 aromatic heterocycles. The first-order valence-electron chi connectivity index (χ1n) is 5.49. The van der Waals surface area contributed by atoms with Gasteiger partial charge in [0.1, 0.15) is 11.9 Å². The van der Waals surface area contributed by atoms with E-state index >= 15 is 0 Å². The fourth-order valence-corrected chi connectivity index (χ4v) is 1.90. The van der Waals surface area contributed by atoms with Crippen LogP contribution in [0.4, 0.5) is 11.5 Å². The first-order chi connectivity index (χ1) is 8.20. The van der Waals surface area contributed by atoms with E-state index in [0.717, 1.165) is 25.7 Å². The van der Waals surface area contributed by atoms with Crippen molar-refractivity contribution in [1.29, 1.82) is 0 Å². The summed E-state index contributed by atoms with van der Waals surface area (Å²) in [5, 5.41) is 10.8. The molecule has 0 spiro atoms. The monoisotopic (exact) mass is 238 g/mol. The van der Waals surface area contributed by atoms with Crippen molar-refractivity contribution in [2.24, 2.45) is 5.84 Å². The Morgan fingerprint density at radius 1 is 1.47 bits per heavy atom. The summed E-state index contributed by atoms with van der Waals surface area (Å²) in [6, 6.07) is 2.78. The molecule has 3 N–H and O–H groups in total. The average molecular weight is 238 g/mol. The maximum absolute atomic E-state index is 10.8. The number of hydrogen-bond donors (Lipinski definition) is 2. The summed E-state index contributed by atoms with van der Waals surface area (Å²) in [6.45, 7) is 0. The number of hydrogen-bond acceptors (Lipinski definition) is 6. The van der Waals surface area contributed by atoms with Gasteiger partial charge in [0.25, 0.3) is 5.88 Å². The van der Waals surface area contributed by atoms with Gasteiger partial charge >= 0.3 is 5.69 Å². The molecule has 7 heteroatoms. The number of pyridine rings is 1. The summed E-state index contributed by atoms with van der Waals surface area (Å²) in [4.78, 5) is 14.3. The molecule has 0 amide bonds. The third-order valence-electron chi connectivity index (χ3n) is 2.77. The van der Waals surface area contributed by atoms with Gasteiger partial charge in [-0.1, -0.05) is 0 Å². The first-order valence-corrected chi connectivity index (χ1v) is 5.49. The summed E-state index contributed by atoms with van der Waals surface area (Å²) in [5.41, 5.74) is 2.22. The maximum atomic E-state index is 10.8. The highest BCUT2D eigenvalue weighted by molar-refractivity contribution is 5.48. The lowest BCUT2D eigenvalue weighted by Crippen LogP contribution is -2.15. The van der Waals surface area contributed by atoms with E-state index < -0.39 is 4.92 Å². The summed E-state index contributed by atoms with van der Waals surface area (Å²) in [7, 11) is 0. The van der Waals surface area contributed by atoms with Gasteiger partial charge in [-0.2, -0.15) is 4.98 Å². The minimum Gasteiger partial charge on any atom is -0.469 e. The number of nitrogens with one attached hydrogen (secondary N) is 1. The van der Waals surface area contributed by atoms with Crippen LogP contribution in [0.1, 0.15) is 25.7 Å². The van der Waals surface area contributed by atoms with Gasteiger partial charge in [0.05, 0.1) is 4.92 Å². The maximum Gasteiger partial charge on any atom is 0.331 e. The molecule has 0 aromatic carbocycles. The smallest absolute Gasteiger partial charge is 0.331 e. The Labute approximate surface area is 98.1 Å². The molecule has 1 fully saturated rings. The summed E-state index contributed by atoms with van der Waals surface area (Å²) in [5.74, 6) is 5.60. The number of anilines is 1. The molecule has 0 radical (unpaired) electrons. The number of nitro groups is 1. The van der Waals surface area contributed by atoms with Crippen LogP contribution in [0.5, 0.6) is 5.88 Å². The standard InChI is InChI=1S/C10H14N4O3/c11-13-9-6-5-8(14(15)16)10(12-9)17-7-3-1-2-4-7/h5-7H,1-4,11H2,(H,12,13). The molecule has 92 valence electrons. The molecule has 0 aliphatic heterocycles. The molecule has 0 unspecified atom stereocenters. The quantitative estimate of drug-likeness (QED) is 0.469. The van der Waals surface area contributed by atoms with Crippen LogP contribution in [-0.4, -0.2) is 16.0 Å². The van der Waals surface area contributed by atoms with Crippen LogP contribution in [0.25, 0.3) is 0 Å². The van der Waals surface area contributed by atoms with Gasteiger partial charge in [0.2, 0.25) is 0 Å². The lowest BCUT2D eigenvalue weighted by Gasteiger charge is -2.12. The molecule has 1 heterocycles. The van der Waals surface area contributed by atoms with Crippen molar-refractivity contribution in [1.82, 2.24) is 4.98 Å². The van der Waals surface area contributed by atoms with Crippen molar-refractivity contribution in [2.45, 2.75) is 31.8 Å². The van der Waals surface area contributed by atoms with Crippen molar-refractivity contribution in [3.8, 4) is 5.88 Å². The Hall–Kier alpha value is -1.89. The molecule has 0 atom stereocenters. The van der Waals surface area contributed by atoms with Gasteiger partial charge in [-0.15, -0.1) is 0 Å². The first kappa shape index (κ1) is 11.6. The summed E-state index contributed by atoms with van der Waals surface area (Å²) < 4.78 is 5.56. The second-order valence-corrected chi connectivity index (χ2v) is 3.95. The Morgan fingerprint density at radius 3 is 2.76 bits per heavy atom. The predicted molar refractivity (Wildman–Crippen MR) is 61.6 cm³/mol. The molecule has 1 aliphatic rings. The minimum absolute atomic E-state index is 0.0224. The van der Waals surface area contributed by atoms with E-state index in [1.165, 1.54) is 12.1 Å². The number of ether oxygens (including phenoxy) is 1. The molecule has 1 saturated carbocycles. The van der Waals surface area contributed by atoms with Crippen LogP contribution in [0, 0.1) is 10.1 Å². The second kappa shape index (κ2) is 4.96. The zero-order valence-electron chi connectivity index (χ0n) is 9.26. The van der Waals surface area contributed by atoms with Gasteiger partial charge < -0.3 is 10.2 Å². The van der Waals surface area contributed by atoms with Crippen molar-refractivity contribution in [2.75, 3.05) is 5.43 Å². The molecule has 1 aromatic rings. The molecular weight excluding hydrogens is 224 g/mol. The van der Waals surface area contributed by atoms with E-state index in [4.69, 9.17) is 10.6 Å². The van der Waals surface area contributed by atoms with Crippen molar-refractivity contribution >= 4 is 11.5 Å². The van der Waals surface area contributed by atoms with E-state index in [9.17, 15) is 10.1 Å². The van der Waals surface area contributed by atoms with Crippen molar-refractivity contribution < 1.29 is 9.66 Å². The Morgan fingerprint density at radius 2 is 2.18 bits per heavy atom. The van der Waals surface area contributed by atoms with Gasteiger partial charge in [0.15, 0.2) is 0 Å². The Balaban J connectivity index is 2.24. The summed E-state index contributed by atoms with van der Waals surface area (Å²) >= 11 is 0. The van der Waals surface area contributed by atoms with Gasteiger partial charge in [-0.25, -0.2) is 5.84 Å². The van der Waals surface area contributed by atoms with E-state index in [0.29, 0.717) is 5.82 Å². The van der Waals surface area contributed by atoms with Crippen LogP contribution >= 0.6 is 0 Å². The van der Waals surface area contributed by atoms with E-state index in [1.54, 1.807) is 0 Å². The topological polar surface area (TPSA) is 103 Å². The SMILES string of the molecule is NNc1ccc([N+](=O)[O-])c(OC2CCCC2)n1. The largest absolute Gasteiger partial charge is 0.469 e. The third kappa shape index (κ3) is 2.62. The number of nitrogens with zero attached hydrogens (tertiary/aromatic N) is 2. The molecule has 7 nitrogen and oxygen atoms in total. The normalized spacial score (nSPS) is 15.8. The van der Waals surface area contributed by atoms with Crippen LogP contribution in [0.2, 0.25) is 0 Å². The number of hydrazine groups is 1. The Bertz CT molecular complexity index is 418. The van der Waals surface area contributed by atoms with E-state index in [-0.39, 0.29) is 17.7 Å². The fraction of sp³-hybridized carbons (Fsp3) is 0.500. The molecule has 0 saturated heterocycles. The predicted octanol–water partition coefficient (Wildman–Crippen LogP) is 1.60. The van der Waals surface area contributed by atoms with Gasteiger partial charge in [0, 0.05) is 6.07 Å². The van der Waals surface area contributed by atoms with Gasteiger partial charge in [-0.05, 0) is 31.7 Å². The average Bonchev–Trinajstić information content (AvgIpc) is 2.81. The number of aromatic nitrogens is 1. The summed E-state index contributed by atoms with van der Waals surface area (Å²) in [6.07, 6.45) is 4.04. The minimum atomic E-state index is -0.502. The number of nitrogens with two attached hydrogens (primary N) is 1. The molecule has 0 bridgehead atoms. The van der Waals surface area contributed by atoms with Crippen LogP contribution < -0.4 is 16.0 Å². The molecule has 1 aliphatic carbocycles. The van der Waals surface area contributed by atoms with Crippen LogP contribution in [0.15, 0.2) is 12.1 Å².